The third kappa shape index (κ3) is 17.8. The monoisotopic (exact) mass is 565 g/mol. The normalized spacial score (nSPS) is 10.5. The fourth-order valence-electron chi connectivity index (χ4n) is 3.46. The van der Waals surface area contributed by atoms with E-state index < -0.39 is 35.4 Å². The van der Waals surface area contributed by atoms with Gasteiger partial charge in [0.25, 0.3) is 0 Å². The maximum Gasteiger partial charge on any atom is 0.393 e. The van der Waals surface area contributed by atoms with E-state index in [9.17, 15) is 24.0 Å². The summed E-state index contributed by atoms with van der Waals surface area (Å²) >= 11 is 0. The number of hydrogen-bond donors (Lipinski definition) is 0. The minimum atomic E-state index is -1.68. The standard InChI is InChI=1S/C29H43NO10/c1-5-24(31)37-20-12-8-10-14-22-39-26(33)16-18-29(30-4,28(35)36-7-3)19-17-27(34)40-23-15-11-9-13-21-38-25(32)6-2/h5-6H,1-2,7-23H2,3H3. The first kappa shape index (κ1) is 36.3. The summed E-state index contributed by atoms with van der Waals surface area (Å²) in [5, 5.41) is 0. The summed E-state index contributed by atoms with van der Waals surface area (Å²) in [6.45, 7) is 16.9. The quantitative estimate of drug-likeness (QED) is 0.0543. The van der Waals surface area contributed by atoms with Gasteiger partial charge in [0.1, 0.15) is 0 Å². The van der Waals surface area contributed by atoms with Crippen molar-refractivity contribution in [1.29, 1.82) is 0 Å². The van der Waals surface area contributed by atoms with Crippen LogP contribution in [0.15, 0.2) is 25.3 Å². The number of esters is 5. The lowest BCUT2D eigenvalue weighted by Crippen LogP contribution is -2.38. The van der Waals surface area contributed by atoms with E-state index in [1.54, 1.807) is 6.92 Å². The Balaban J connectivity index is 4.39. The minimum absolute atomic E-state index is 0.0601. The lowest BCUT2D eigenvalue weighted by atomic mass is 9.89. The fourth-order valence-corrected chi connectivity index (χ4v) is 3.46. The lowest BCUT2D eigenvalue weighted by Gasteiger charge is -2.19. The molecule has 0 bridgehead atoms. The molecule has 11 heteroatoms. The SMILES string of the molecule is [C-]#[N+]C(CCC(=O)OCCCCCCOC(=O)C=C)(CCC(=O)OCCCCCCOC(=O)C=C)C(=O)OCC. The summed E-state index contributed by atoms with van der Waals surface area (Å²) in [4.78, 5) is 62.4. The largest absolute Gasteiger partial charge is 0.466 e. The van der Waals surface area contributed by atoms with Crippen molar-refractivity contribution in [3.05, 3.63) is 36.7 Å². The molecule has 0 rings (SSSR count). The Bertz CT molecular complexity index is 809. The van der Waals surface area contributed by atoms with Gasteiger partial charge in [0.15, 0.2) is 0 Å². The van der Waals surface area contributed by atoms with E-state index in [1.165, 1.54) is 0 Å². The summed E-state index contributed by atoms with van der Waals surface area (Å²) in [5.74, 6) is -2.78. The topological polar surface area (TPSA) is 136 Å². The Labute approximate surface area is 237 Å². The van der Waals surface area contributed by atoms with Crippen LogP contribution in [0.25, 0.3) is 4.85 Å². The summed E-state index contributed by atoms with van der Waals surface area (Å²) in [5.41, 5.74) is -1.68. The maximum atomic E-state index is 12.6. The van der Waals surface area contributed by atoms with Gasteiger partial charge in [-0.15, -0.1) is 0 Å². The molecule has 0 unspecified atom stereocenters. The van der Waals surface area contributed by atoms with Crippen molar-refractivity contribution in [2.24, 2.45) is 0 Å². The molecule has 40 heavy (non-hydrogen) atoms. The van der Waals surface area contributed by atoms with Crippen LogP contribution >= 0.6 is 0 Å². The molecule has 11 nitrogen and oxygen atoms in total. The van der Waals surface area contributed by atoms with E-state index in [-0.39, 0.29) is 45.5 Å². The van der Waals surface area contributed by atoms with Gasteiger partial charge in [0.05, 0.1) is 45.9 Å². The molecule has 0 N–H and O–H groups in total. The third-order valence-electron chi connectivity index (χ3n) is 5.78. The molecule has 0 saturated heterocycles. The van der Waals surface area contributed by atoms with Crippen LogP contribution in [0.3, 0.4) is 0 Å². The zero-order chi connectivity index (χ0) is 30.1. The first-order chi connectivity index (χ1) is 19.2. The molecule has 0 heterocycles. The van der Waals surface area contributed by atoms with Crippen LogP contribution in [0.1, 0.15) is 84.0 Å². The number of rotatable bonds is 24. The molecule has 0 atom stereocenters. The third-order valence-corrected chi connectivity index (χ3v) is 5.78. The van der Waals surface area contributed by atoms with Gasteiger partial charge in [-0.3, -0.25) is 14.4 Å². The molecular weight excluding hydrogens is 522 g/mol. The molecule has 0 aliphatic rings. The second-order valence-corrected chi connectivity index (χ2v) is 8.88. The van der Waals surface area contributed by atoms with Crippen molar-refractivity contribution < 1.29 is 47.7 Å². The summed E-state index contributed by atoms with van der Waals surface area (Å²) in [6.07, 6.45) is 7.41. The summed E-state index contributed by atoms with van der Waals surface area (Å²) < 4.78 is 25.3. The van der Waals surface area contributed by atoms with Crippen LogP contribution in [-0.2, 0) is 47.7 Å². The second kappa shape index (κ2) is 23.2. The van der Waals surface area contributed by atoms with Crippen molar-refractivity contribution in [2.45, 2.75) is 89.5 Å². The predicted molar refractivity (Wildman–Crippen MR) is 146 cm³/mol. The zero-order valence-corrected chi connectivity index (χ0v) is 23.6. The molecule has 0 radical (unpaired) electrons. The van der Waals surface area contributed by atoms with Gasteiger partial charge < -0.3 is 23.7 Å². The second-order valence-electron chi connectivity index (χ2n) is 8.88. The Kier molecular flexibility index (Phi) is 21.1. The van der Waals surface area contributed by atoms with Crippen molar-refractivity contribution in [2.75, 3.05) is 33.0 Å². The van der Waals surface area contributed by atoms with Crippen LogP contribution in [0.4, 0.5) is 0 Å². The van der Waals surface area contributed by atoms with E-state index in [1.807, 2.05) is 0 Å². The average molecular weight is 566 g/mol. The average Bonchev–Trinajstić information content (AvgIpc) is 2.95. The number of hydrogen-bond acceptors (Lipinski definition) is 10. The van der Waals surface area contributed by atoms with Gasteiger partial charge in [0.2, 0.25) is 0 Å². The highest BCUT2D eigenvalue weighted by Crippen LogP contribution is 2.27. The van der Waals surface area contributed by atoms with E-state index in [0.717, 1.165) is 37.8 Å². The molecule has 0 aromatic heterocycles. The molecule has 0 spiro atoms. The van der Waals surface area contributed by atoms with Gasteiger partial charge in [-0.1, -0.05) is 13.2 Å². The summed E-state index contributed by atoms with van der Waals surface area (Å²) in [7, 11) is 0. The number of ether oxygens (including phenoxy) is 5. The van der Waals surface area contributed by atoms with Gasteiger partial charge in [0, 0.05) is 25.0 Å². The predicted octanol–water partition coefficient (Wildman–Crippen LogP) is 4.43. The Morgan fingerprint density at radius 3 is 1.35 bits per heavy atom. The van der Waals surface area contributed by atoms with E-state index >= 15 is 0 Å². The smallest absolute Gasteiger partial charge is 0.393 e. The summed E-state index contributed by atoms with van der Waals surface area (Å²) in [6, 6.07) is 0. The van der Waals surface area contributed by atoms with Crippen LogP contribution in [-0.4, -0.2) is 68.4 Å². The highest BCUT2D eigenvalue weighted by molar-refractivity contribution is 5.85. The van der Waals surface area contributed by atoms with Gasteiger partial charge in [-0.2, -0.15) is 0 Å². The van der Waals surface area contributed by atoms with Crippen molar-refractivity contribution >= 4 is 29.8 Å². The van der Waals surface area contributed by atoms with Crippen LogP contribution in [0.5, 0.6) is 0 Å². The first-order valence-corrected chi connectivity index (χ1v) is 13.7. The van der Waals surface area contributed by atoms with E-state index in [4.69, 9.17) is 30.3 Å². The lowest BCUT2D eigenvalue weighted by molar-refractivity contribution is -0.150. The zero-order valence-electron chi connectivity index (χ0n) is 23.6. The molecule has 0 aromatic rings. The molecule has 0 saturated carbocycles. The number of unbranched alkanes of at least 4 members (excludes halogenated alkanes) is 6. The van der Waals surface area contributed by atoms with Crippen molar-refractivity contribution in [3.63, 3.8) is 0 Å². The molecular formula is C29H43NO10. The molecule has 0 fully saturated rings. The maximum absolute atomic E-state index is 12.6. The van der Waals surface area contributed by atoms with Crippen LogP contribution in [0, 0.1) is 6.57 Å². The van der Waals surface area contributed by atoms with E-state index in [2.05, 4.69) is 18.0 Å². The van der Waals surface area contributed by atoms with E-state index in [0.29, 0.717) is 38.9 Å². The van der Waals surface area contributed by atoms with Gasteiger partial charge in [-0.05, 0) is 58.3 Å². The van der Waals surface area contributed by atoms with Gasteiger partial charge in [-0.25, -0.2) is 21.0 Å². The number of carbonyl (C=O) groups is 5. The Morgan fingerprint density at radius 1 is 0.650 bits per heavy atom. The van der Waals surface area contributed by atoms with Gasteiger partial charge >= 0.3 is 35.4 Å². The molecule has 0 aromatic carbocycles. The number of carbonyl (C=O) groups excluding carboxylic acids is 5. The van der Waals surface area contributed by atoms with Crippen LogP contribution in [0.2, 0.25) is 0 Å². The highest BCUT2D eigenvalue weighted by atomic mass is 16.5. The number of nitrogens with zero attached hydrogens (tertiary/aromatic N) is 1. The molecule has 224 valence electrons. The minimum Gasteiger partial charge on any atom is -0.466 e. The van der Waals surface area contributed by atoms with Crippen molar-refractivity contribution in [1.82, 2.24) is 0 Å². The highest BCUT2D eigenvalue weighted by Gasteiger charge is 2.47. The molecule has 0 aliphatic carbocycles. The van der Waals surface area contributed by atoms with Crippen LogP contribution < -0.4 is 0 Å². The van der Waals surface area contributed by atoms with Crippen molar-refractivity contribution in [3.8, 4) is 0 Å². The Hall–Kier alpha value is -3.68. The first-order valence-electron chi connectivity index (χ1n) is 13.7. The fraction of sp³-hybridized carbons (Fsp3) is 0.655. The molecule has 0 amide bonds. The Morgan fingerprint density at radius 2 is 1.02 bits per heavy atom. The molecule has 0 aliphatic heterocycles.